The molecule has 0 heterocycles. The summed E-state index contributed by atoms with van der Waals surface area (Å²) in [7, 11) is 7.13. The maximum absolute atomic E-state index is 6.28. The molecule has 0 N–H and O–H groups in total. The highest BCUT2D eigenvalue weighted by Crippen LogP contribution is 2.73. The van der Waals surface area contributed by atoms with Crippen LogP contribution in [0.4, 0.5) is 0 Å². The second-order valence-electron chi connectivity index (χ2n) is 54.8. The first-order valence-electron chi connectivity index (χ1n) is 60.3. The van der Waals surface area contributed by atoms with Crippen molar-refractivity contribution in [1.82, 2.24) is 0 Å². The standard InChI is InChI=1S/2C33H58O2.2C31H54O2/c2*1-8-25(23(2)3)11-10-24(4)29-14-15-30-28-13-12-26-22-27(35-21-9-20-34-7)16-18-32(26,5)31(28)17-19-33(29,30)6;2*1-22(2)9-7-10-23(3)27-13-14-28-26-12-11-24-21-25(33-20-8-19-32-6)15-17-30(24,4)29(26)16-18-31(27,28)5/h2*12,23-25,27-31H,8-11,13-22H2,1-7H3;2*11,22-23,25-29H,7-10,12-21H2,1-6H3/t24-,25-,27+,28+,29-,30+,31+,32+,33-;;23-,25+,26+,27-,28+,29+,30+,31-;/m1.1./s1. The van der Waals surface area contributed by atoms with Gasteiger partial charge in [-0.15, -0.1) is 0 Å². The van der Waals surface area contributed by atoms with Crippen LogP contribution in [0.1, 0.15) is 461 Å². The van der Waals surface area contributed by atoms with Gasteiger partial charge in [-0.3, -0.25) is 0 Å². The van der Waals surface area contributed by atoms with Gasteiger partial charge in [-0.25, -0.2) is 0 Å². The third-order valence-electron chi connectivity index (χ3n) is 46.5. The van der Waals surface area contributed by atoms with Gasteiger partial charge in [0.1, 0.15) is 0 Å². The van der Waals surface area contributed by atoms with Crippen molar-refractivity contribution in [3.05, 3.63) is 46.6 Å². The zero-order valence-electron chi connectivity index (χ0n) is 94.5. The molecule has 0 amide bonds. The topological polar surface area (TPSA) is 73.8 Å². The molecule has 0 spiro atoms. The van der Waals surface area contributed by atoms with Gasteiger partial charge in [0.05, 0.1) is 24.4 Å². The predicted molar refractivity (Wildman–Crippen MR) is 575 cm³/mol. The molecule has 34 atom stereocenters. The molecule has 0 aromatic carbocycles. The summed E-state index contributed by atoms with van der Waals surface area (Å²) in [5.41, 5.74) is 11.2. The molecule has 17 unspecified atom stereocenters. The lowest BCUT2D eigenvalue weighted by atomic mass is 9.47. The molecule has 8 heteroatoms. The van der Waals surface area contributed by atoms with Crippen molar-refractivity contribution in [3.8, 4) is 0 Å². The van der Waals surface area contributed by atoms with Crippen molar-refractivity contribution in [2.75, 3.05) is 81.3 Å². The Hall–Kier alpha value is -1.36. The lowest BCUT2D eigenvalue weighted by molar-refractivity contribution is -0.0648. The van der Waals surface area contributed by atoms with Gasteiger partial charge in [-0.1, -0.05) is 263 Å². The van der Waals surface area contributed by atoms with Crippen molar-refractivity contribution in [2.24, 2.45) is 197 Å². The summed E-state index contributed by atoms with van der Waals surface area (Å²) in [6.45, 7) is 62.6. The van der Waals surface area contributed by atoms with E-state index in [1.807, 2.05) is 0 Å². The van der Waals surface area contributed by atoms with Crippen LogP contribution in [0.5, 0.6) is 0 Å². The first kappa shape index (κ1) is 112. The van der Waals surface area contributed by atoms with Gasteiger partial charge in [-0.05, 0) is 441 Å². The Labute approximate surface area is 842 Å². The Kier molecular flexibility index (Phi) is 41.2. The van der Waals surface area contributed by atoms with E-state index >= 15 is 0 Å². The van der Waals surface area contributed by atoms with Crippen LogP contribution in [0.25, 0.3) is 0 Å². The lowest BCUT2D eigenvalue weighted by Crippen LogP contribution is -2.51. The summed E-state index contributed by atoms with van der Waals surface area (Å²) in [5.74, 6) is 23.9. The van der Waals surface area contributed by atoms with Crippen LogP contribution in [-0.2, 0) is 37.9 Å². The molecule has 0 aliphatic heterocycles. The van der Waals surface area contributed by atoms with Gasteiger partial charge in [0.25, 0.3) is 0 Å². The molecule has 0 radical (unpaired) electrons. The molecule has 8 nitrogen and oxygen atoms in total. The fourth-order valence-corrected chi connectivity index (χ4v) is 38.3. The largest absolute Gasteiger partial charge is 0.385 e. The Morgan fingerprint density at radius 2 is 0.493 bits per heavy atom. The van der Waals surface area contributed by atoms with Gasteiger partial charge < -0.3 is 37.9 Å². The van der Waals surface area contributed by atoms with Gasteiger partial charge >= 0.3 is 0 Å². The first-order chi connectivity index (χ1) is 65.1. The van der Waals surface area contributed by atoms with E-state index in [0.29, 0.717) is 67.7 Å². The normalized spacial score (nSPS) is 40.9. The van der Waals surface area contributed by atoms with Gasteiger partial charge in [0, 0.05) is 81.3 Å². The Bertz CT molecular complexity index is 3460. The minimum absolute atomic E-state index is 0.436. The lowest BCUT2D eigenvalue weighted by Gasteiger charge is -2.58. The van der Waals surface area contributed by atoms with Gasteiger partial charge in [0.2, 0.25) is 0 Å². The summed E-state index contributed by atoms with van der Waals surface area (Å²) < 4.78 is 45.9. The summed E-state index contributed by atoms with van der Waals surface area (Å²) in [6.07, 6.45) is 78.0. The van der Waals surface area contributed by atoms with E-state index in [4.69, 9.17) is 37.9 Å². The molecule has 12 saturated carbocycles. The predicted octanol–water partition coefficient (Wildman–Crippen LogP) is 35.1. The Morgan fingerprint density at radius 3 is 0.706 bits per heavy atom. The van der Waals surface area contributed by atoms with E-state index in [-0.39, 0.29) is 0 Å². The summed E-state index contributed by atoms with van der Waals surface area (Å²) in [6, 6.07) is 0. The maximum atomic E-state index is 6.28. The van der Waals surface area contributed by atoms with Crippen LogP contribution in [0.15, 0.2) is 46.6 Å². The smallest absolute Gasteiger partial charge is 0.0612 e. The monoisotopic (exact) mass is 1890 g/mol. The van der Waals surface area contributed by atoms with Crippen LogP contribution in [0.3, 0.4) is 0 Å². The van der Waals surface area contributed by atoms with E-state index in [1.165, 1.54) is 283 Å². The first-order valence-corrected chi connectivity index (χ1v) is 60.3. The molecule has 16 rings (SSSR count). The zero-order chi connectivity index (χ0) is 97.7. The second kappa shape index (κ2) is 50.1. The van der Waals surface area contributed by atoms with Crippen LogP contribution in [-0.4, -0.2) is 106 Å². The molecule has 16 aliphatic carbocycles. The number of hydrogen-bond donors (Lipinski definition) is 0. The third-order valence-corrected chi connectivity index (χ3v) is 46.5. The molecule has 0 saturated heterocycles. The molecular formula is C128H224O8. The Morgan fingerprint density at radius 1 is 0.257 bits per heavy atom. The molecule has 0 bridgehead atoms. The number of methoxy groups -OCH3 is 4. The maximum Gasteiger partial charge on any atom is 0.0612 e. The quantitative estimate of drug-likeness (QED) is 0.0442. The molecule has 136 heavy (non-hydrogen) atoms. The van der Waals surface area contributed by atoms with Crippen molar-refractivity contribution >= 4 is 0 Å². The van der Waals surface area contributed by atoms with Crippen molar-refractivity contribution in [2.45, 2.75) is 485 Å². The number of ether oxygens (including phenoxy) is 8. The molecule has 0 aromatic heterocycles. The highest BCUT2D eigenvalue weighted by molar-refractivity contribution is 5.30. The number of hydrogen-bond acceptors (Lipinski definition) is 8. The van der Waals surface area contributed by atoms with Crippen LogP contribution in [0.2, 0.25) is 0 Å². The molecular weight excluding hydrogens is 1670 g/mol. The number of rotatable bonds is 42. The van der Waals surface area contributed by atoms with E-state index in [0.717, 1.165) is 232 Å². The summed E-state index contributed by atoms with van der Waals surface area (Å²) in [4.78, 5) is 0. The van der Waals surface area contributed by atoms with E-state index in [2.05, 4.69) is 177 Å². The van der Waals surface area contributed by atoms with E-state index in [1.54, 1.807) is 50.7 Å². The number of allylic oxidation sites excluding steroid dienone is 4. The van der Waals surface area contributed by atoms with Crippen LogP contribution in [0, 0.1) is 197 Å². The van der Waals surface area contributed by atoms with Crippen molar-refractivity contribution in [3.63, 3.8) is 0 Å². The fraction of sp³-hybridized carbons (Fsp3) is 0.938. The highest BCUT2D eigenvalue weighted by Gasteiger charge is 2.65. The molecule has 12 fully saturated rings. The Balaban J connectivity index is 0.000000153. The minimum Gasteiger partial charge on any atom is -0.385 e. The molecule has 0 aromatic rings. The minimum atomic E-state index is 0.436. The SMILES string of the molecule is CCC(CCC(C)C1CCC2C3CC=C4CC(OCCCOC)CCC4(C)C3CCC12C)C(C)C.CC[C@H](CC[C@@H](C)[C@H]1CC[C@H]2[C@@H]3CC=C4C[C@@H](OCCCOC)CC[C@]4(C)[C@H]3CC[C@]12C)C(C)C.COCCCOC1CCC2(C)C(=CCC3C2CCC2(C)C(C(C)CCCC(C)C)CCC32)C1.COCCCO[C@H]1CC[C@@]2(C)C(=CC[C@H]3[C@@H]4CC[C@H]([C@H](C)CCCC(C)C)[C@@]4(C)CC[C@@H]32)C1. The molecule has 16 aliphatic rings. The zero-order valence-corrected chi connectivity index (χ0v) is 94.5. The average Bonchev–Trinajstić information content (AvgIpc) is 1.48. The highest BCUT2D eigenvalue weighted by atomic mass is 16.5. The summed E-state index contributed by atoms with van der Waals surface area (Å²) >= 11 is 0. The van der Waals surface area contributed by atoms with Crippen molar-refractivity contribution < 1.29 is 37.9 Å². The van der Waals surface area contributed by atoms with Crippen molar-refractivity contribution in [1.29, 1.82) is 0 Å². The third kappa shape index (κ3) is 24.8. The van der Waals surface area contributed by atoms with E-state index in [9.17, 15) is 0 Å². The van der Waals surface area contributed by atoms with E-state index < -0.39 is 0 Å². The van der Waals surface area contributed by atoms with Gasteiger partial charge in [0.15, 0.2) is 0 Å². The van der Waals surface area contributed by atoms with Crippen LogP contribution >= 0.6 is 0 Å². The molecule has 784 valence electrons. The average molecular weight is 1890 g/mol. The van der Waals surface area contributed by atoms with Crippen LogP contribution < -0.4 is 0 Å². The van der Waals surface area contributed by atoms with Gasteiger partial charge in [-0.2, -0.15) is 0 Å². The second-order valence-corrected chi connectivity index (χ2v) is 54.8. The number of fused-ring (bicyclic) bond motifs is 20. The summed E-state index contributed by atoms with van der Waals surface area (Å²) in [5, 5.41) is 0. The fourth-order valence-electron chi connectivity index (χ4n) is 38.3.